The minimum absolute atomic E-state index is 0.0450. The molecule has 41 heavy (non-hydrogen) atoms. The number of aromatic nitrogens is 6. The number of hydrogen-bond acceptors (Lipinski definition) is 10. The average Bonchev–Trinajstić information content (AvgIpc) is 3.58. The van der Waals surface area contributed by atoms with Crippen LogP contribution in [0.25, 0.3) is 22.5 Å². The number of carbonyl (C=O) groups is 2. The van der Waals surface area contributed by atoms with E-state index in [1.165, 1.54) is 21.0 Å². The Hall–Kier alpha value is -4.42. The first-order chi connectivity index (χ1) is 19.4. The second-order valence-electron chi connectivity index (χ2n) is 11.0. The number of ether oxygens (including phenoxy) is 3. The smallest absolute Gasteiger partial charge is 0.359 e. The highest BCUT2D eigenvalue weighted by atomic mass is 16.7. The molecule has 0 fully saturated rings. The number of benzene rings is 2. The second-order valence-corrected chi connectivity index (χ2v) is 11.0. The van der Waals surface area contributed by atoms with Gasteiger partial charge >= 0.3 is 11.9 Å². The summed E-state index contributed by atoms with van der Waals surface area (Å²) < 4.78 is 17.4. The molecule has 12 nitrogen and oxygen atoms in total. The number of tetrazole rings is 1. The van der Waals surface area contributed by atoms with Crippen LogP contribution in [-0.4, -0.2) is 61.1 Å². The van der Waals surface area contributed by atoms with Gasteiger partial charge in [0.2, 0.25) is 6.79 Å². The molecular weight excluding hydrogens is 528 g/mol. The Morgan fingerprint density at radius 1 is 0.976 bits per heavy atom. The molecule has 2 aromatic carbocycles. The number of nitrogens with zero attached hydrogens (tertiary/aromatic N) is 5. The molecule has 2 aromatic heterocycles. The number of H-pyrrole nitrogens is 1. The van der Waals surface area contributed by atoms with E-state index in [1.807, 2.05) is 48.5 Å². The van der Waals surface area contributed by atoms with Crippen molar-refractivity contribution in [3.05, 3.63) is 71.3 Å². The highest BCUT2D eigenvalue weighted by molar-refractivity contribution is 5.89. The number of aromatic amines is 1. The fraction of sp³-hybridized carbons (Fsp3) is 0.379. The normalized spacial score (nSPS) is 11.9. The Morgan fingerprint density at radius 3 is 2.24 bits per heavy atom. The molecule has 0 radical (unpaired) electrons. The van der Waals surface area contributed by atoms with Crippen molar-refractivity contribution >= 4 is 11.9 Å². The van der Waals surface area contributed by atoms with Crippen LogP contribution in [0.4, 0.5) is 0 Å². The highest BCUT2D eigenvalue weighted by Crippen LogP contribution is 2.31. The van der Waals surface area contributed by atoms with Crippen molar-refractivity contribution in [2.24, 2.45) is 5.41 Å². The molecule has 4 rings (SSSR count). The second kappa shape index (κ2) is 12.0. The van der Waals surface area contributed by atoms with Gasteiger partial charge < -0.3 is 23.9 Å². The number of rotatable bonds is 10. The Balaban J connectivity index is 1.65. The van der Waals surface area contributed by atoms with Gasteiger partial charge in [-0.3, -0.25) is 4.79 Å². The van der Waals surface area contributed by atoms with Crippen LogP contribution in [0.15, 0.2) is 48.5 Å². The summed E-state index contributed by atoms with van der Waals surface area (Å²) in [6.45, 7) is 7.92. The first-order valence-electron chi connectivity index (χ1n) is 13.0. The van der Waals surface area contributed by atoms with E-state index in [0.29, 0.717) is 11.6 Å². The van der Waals surface area contributed by atoms with Crippen molar-refractivity contribution < 1.29 is 28.9 Å². The Bertz CT molecular complexity index is 1500. The molecule has 0 amide bonds. The SMILES string of the molecule is COCc1nc(C(C)(C)O)c(C(=O)OCOC(=O)C(C)(C)C)n1Cc1ccc(-c2ccccc2-c2nnn[nH]2)cc1. The van der Waals surface area contributed by atoms with Crippen LogP contribution in [-0.2, 0) is 37.8 Å². The van der Waals surface area contributed by atoms with Crippen LogP contribution in [0.5, 0.6) is 0 Å². The molecule has 0 bridgehead atoms. The van der Waals surface area contributed by atoms with Crippen molar-refractivity contribution in [3.8, 4) is 22.5 Å². The third-order valence-electron chi connectivity index (χ3n) is 6.22. The Kier molecular flexibility index (Phi) is 8.64. The van der Waals surface area contributed by atoms with Gasteiger partial charge in [-0.05, 0) is 61.7 Å². The number of imidazole rings is 1. The van der Waals surface area contributed by atoms with Crippen LogP contribution >= 0.6 is 0 Å². The summed E-state index contributed by atoms with van der Waals surface area (Å²) in [5, 5.41) is 25.0. The van der Waals surface area contributed by atoms with E-state index in [2.05, 4.69) is 25.6 Å². The van der Waals surface area contributed by atoms with Crippen LogP contribution in [0.3, 0.4) is 0 Å². The van der Waals surface area contributed by atoms with Gasteiger partial charge in [0.25, 0.3) is 0 Å². The van der Waals surface area contributed by atoms with E-state index in [-0.39, 0.29) is 24.5 Å². The monoisotopic (exact) mass is 562 g/mol. The number of carbonyl (C=O) groups excluding carboxylic acids is 2. The van der Waals surface area contributed by atoms with Crippen molar-refractivity contribution in [1.82, 2.24) is 30.2 Å². The summed E-state index contributed by atoms with van der Waals surface area (Å²) in [7, 11) is 1.52. The van der Waals surface area contributed by atoms with Gasteiger partial charge in [0, 0.05) is 19.2 Å². The topological polar surface area (TPSA) is 154 Å². The zero-order valence-electron chi connectivity index (χ0n) is 24.0. The van der Waals surface area contributed by atoms with Crippen LogP contribution in [0.2, 0.25) is 0 Å². The number of methoxy groups -OCH3 is 1. The fourth-order valence-electron chi connectivity index (χ4n) is 4.15. The number of hydrogen-bond donors (Lipinski definition) is 2. The molecule has 0 saturated heterocycles. The van der Waals surface area contributed by atoms with Crippen molar-refractivity contribution in [2.45, 2.75) is 53.4 Å². The maximum absolute atomic E-state index is 13.3. The quantitative estimate of drug-likeness (QED) is 0.215. The van der Waals surface area contributed by atoms with Crippen molar-refractivity contribution in [3.63, 3.8) is 0 Å². The number of esters is 2. The largest absolute Gasteiger partial charge is 0.427 e. The molecule has 0 aliphatic rings. The van der Waals surface area contributed by atoms with Crippen LogP contribution in [0, 0.1) is 5.41 Å². The maximum atomic E-state index is 13.3. The summed E-state index contributed by atoms with van der Waals surface area (Å²) in [6.07, 6.45) is 0. The lowest BCUT2D eigenvalue weighted by atomic mass is 9.98. The van der Waals surface area contributed by atoms with Gasteiger partial charge in [0.1, 0.15) is 23.7 Å². The molecule has 216 valence electrons. The van der Waals surface area contributed by atoms with E-state index in [4.69, 9.17) is 14.2 Å². The summed E-state index contributed by atoms with van der Waals surface area (Å²) in [4.78, 5) is 30.0. The van der Waals surface area contributed by atoms with E-state index >= 15 is 0 Å². The van der Waals surface area contributed by atoms with Gasteiger partial charge in [-0.1, -0.05) is 48.5 Å². The van der Waals surface area contributed by atoms with E-state index in [1.54, 1.807) is 25.3 Å². The van der Waals surface area contributed by atoms with Gasteiger partial charge in [-0.2, -0.15) is 0 Å². The third-order valence-corrected chi connectivity index (χ3v) is 6.22. The molecule has 2 N–H and O–H groups in total. The lowest BCUT2D eigenvalue weighted by Gasteiger charge is -2.19. The Labute approximate surface area is 237 Å². The maximum Gasteiger partial charge on any atom is 0.359 e. The molecule has 0 saturated carbocycles. The average molecular weight is 563 g/mol. The zero-order valence-corrected chi connectivity index (χ0v) is 24.0. The molecule has 4 aromatic rings. The first-order valence-corrected chi connectivity index (χ1v) is 13.0. The van der Waals surface area contributed by atoms with Gasteiger partial charge in [-0.25, -0.2) is 14.9 Å². The molecule has 0 unspecified atom stereocenters. The van der Waals surface area contributed by atoms with Crippen LogP contribution in [0.1, 0.15) is 62.2 Å². The van der Waals surface area contributed by atoms with Crippen molar-refractivity contribution in [2.75, 3.05) is 13.9 Å². The first kappa shape index (κ1) is 29.6. The summed E-state index contributed by atoms with van der Waals surface area (Å²) >= 11 is 0. The molecule has 0 aliphatic carbocycles. The summed E-state index contributed by atoms with van der Waals surface area (Å²) in [5.74, 6) is -0.314. The van der Waals surface area contributed by atoms with Crippen LogP contribution < -0.4 is 0 Å². The predicted octanol–water partition coefficient (Wildman–Crippen LogP) is 3.86. The summed E-state index contributed by atoms with van der Waals surface area (Å²) in [6, 6.07) is 15.6. The van der Waals surface area contributed by atoms with E-state index < -0.39 is 29.7 Å². The lowest BCUT2D eigenvalue weighted by Crippen LogP contribution is -2.27. The molecule has 0 aliphatic heterocycles. The number of aliphatic hydroxyl groups is 1. The van der Waals surface area contributed by atoms with Crippen molar-refractivity contribution in [1.29, 1.82) is 0 Å². The molecule has 0 atom stereocenters. The zero-order chi connectivity index (χ0) is 29.8. The molecular formula is C29H34N6O6. The Morgan fingerprint density at radius 2 is 1.66 bits per heavy atom. The highest BCUT2D eigenvalue weighted by Gasteiger charge is 2.33. The minimum atomic E-state index is -1.46. The predicted molar refractivity (Wildman–Crippen MR) is 148 cm³/mol. The van der Waals surface area contributed by atoms with E-state index in [0.717, 1.165) is 22.3 Å². The number of nitrogens with one attached hydrogen (secondary N) is 1. The van der Waals surface area contributed by atoms with Gasteiger partial charge in [-0.15, -0.1) is 5.10 Å². The lowest BCUT2D eigenvalue weighted by molar-refractivity contribution is -0.161. The molecule has 2 heterocycles. The van der Waals surface area contributed by atoms with E-state index in [9.17, 15) is 14.7 Å². The minimum Gasteiger partial charge on any atom is -0.427 e. The molecule has 0 spiro atoms. The third kappa shape index (κ3) is 6.84. The van der Waals surface area contributed by atoms with Gasteiger partial charge in [0.05, 0.1) is 5.41 Å². The summed E-state index contributed by atoms with van der Waals surface area (Å²) in [5.41, 5.74) is 1.56. The fourth-order valence-corrected chi connectivity index (χ4v) is 4.15. The molecule has 12 heteroatoms. The van der Waals surface area contributed by atoms with Gasteiger partial charge in [0.15, 0.2) is 11.5 Å². The standard InChI is InChI=1S/C29H34N6O6/c1-28(2,3)27(37)41-17-40-26(36)23-24(29(4,5)38)30-22(16-39-6)35(23)15-18-11-13-19(14-12-18)20-9-7-8-10-21(20)25-31-33-34-32-25/h7-14,38H,15-17H2,1-6H3,(H,31,32,33,34).